The average molecular weight is 310 g/mol. The van der Waals surface area contributed by atoms with E-state index in [-0.39, 0.29) is 0 Å². The molecule has 0 saturated heterocycles. The molecule has 0 amide bonds. The van der Waals surface area contributed by atoms with E-state index in [0.717, 1.165) is 5.69 Å². The van der Waals surface area contributed by atoms with Gasteiger partial charge in [-0.05, 0) is 11.4 Å². The molecule has 4 heterocycles. The summed E-state index contributed by atoms with van der Waals surface area (Å²) in [5.74, 6) is 1.20. The number of nitrogens with zero attached hydrogens (tertiary/aromatic N) is 6. The van der Waals surface area contributed by atoms with Crippen molar-refractivity contribution in [2.45, 2.75) is 0 Å². The monoisotopic (exact) mass is 310 g/mol. The maximum absolute atomic E-state index is 5.98. The van der Waals surface area contributed by atoms with Gasteiger partial charge in [-0.15, -0.1) is 0 Å². The lowest BCUT2D eigenvalue weighted by Crippen LogP contribution is -2.04. The molecule has 0 aliphatic carbocycles. The fourth-order valence-corrected chi connectivity index (χ4v) is 2.67. The van der Waals surface area contributed by atoms with Crippen LogP contribution in [-0.4, -0.2) is 29.5 Å². The molecule has 0 aliphatic heterocycles. The lowest BCUT2D eigenvalue weighted by atomic mass is 10.4. The first-order valence-electron chi connectivity index (χ1n) is 6.37. The minimum absolute atomic E-state index is 0.311. The molecule has 0 spiro atoms. The molecule has 0 aromatic carbocycles. The summed E-state index contributed by atoms with van der Waals surface area (Å²) >= 11 is 1.60. The van der Waals surface area contributed by atoms with Crippen LogP contribution in [0.15, 0.2) is 41.7 Å². The molecule has 8 nitrogen and oxygen atoms in total. The summed E-state index contributed by atoms with van der Waals surface area (Å²) in [7, 11) is 0. The Bertz CT molecular complexity index is 916. The predicted molar refractivity (Wildman–Crippen MR) is 84.3 cm³/mol. The molecular weight excluding hydrogens is 300 g/mol. The Hall–Kier alpha value is -3.07. The zero-order valence-electron chi connectivity index (χ0n) is 11.2. The van der Waals surface area contributed by atoms with Gasteiger partial charge in [0.25, 0.3) is 0 Å². The third-order valence-corrected chi connectivity index (χ3v) is 3.68. The van der Waals surface area contributed by atoms with Crippen LogP contribution in [0.4, 0.5) is 17.6 Å². The van der Waals surface area contributed by atoms with Crippen LogP contribution in [0.3, 0.4) is 0 Å². The van der Waals surface area contributed by atoms with Gasteiger partial charge in [0.2, 0.25) is 5.95 Å². The molecule has 4 aromatic rings. The smallest absolute Gasteiger partial charge is 0.232 e. The molecule has 4 rings (SSSR count). The van der Waals surface area contributed by atoms with Crippen molar-refractivity contribution in [1.82, 2.24) is 29.5 Å². The summed E-state index contributed by atoms with van der Waals surface area (Å²) in [6.45, 7) is 0. The first kappa shape index (κ1) is 12.7. The summed E-state index contributed by atoms with van der Waals surface area (Å²) in [6.07, 6.45) is 6.44. The first-order valence-corrected chi connectivity index (χ1v) is 7.32. The lowest BCUT2D eigenvalue weighted by Gasteiger charge is -2.05. The average Bonchev–Trinajstić information content (AvgIpc) is 3.17. The van der Waals surface area contributed by atoms with Gasteiger partial charge in [0.1, 0.15) is 6.33 Å². The van der Waals surface area contributed by atoms with Gasteiger partial charge in [0, 0.05) is 17.8 Å². The van der Waals surface area contributed by atoms with Crippen molar-refractivity contribution < 1.29 is 0 Å². The van der Waals surface area contributed by atoms with E-state index in [1.165, 1.54) is 0 Å². The second-order valence-electron chi connectivity index (χ2n) is 4.42. The minimum atomic E-state index is 0.311. The van der Waals surface area contributed by atoms with E-state index in [9.17, 15) is 0 Å². The Morgan fingerprint density at radius 2 is 2.14 bits per heavy atom. The standard InChI is InChI=1S/C13H10N8S/c14-11-10-12(21(7-17-10)8-1-4-22-6-8)20-13(19-11)18-9-5-15-2-3-16-9/h1-7H,(H3,14,16,18,19,20). The van der Waals surface area contributed by atoms with Crippen LogP contribution in [0, 0.1) is 0 Å². The van der Waals surface area contributed by atoms with Gasteiger partial charge in [-0.1, -0.05) is 0 Å². The molecule has 22 heavy (non-hydrogen) atoms. The Morgan fingerprint density at radius 1 is 1.18 bits per heavy atom. The van der Waals surface area contributed by atoms with Gasteiger partial charge < -0.3 is 11.1 Å². The quantitative estimate of drug-likeness (QED) is 0.595. The molecule has 0 bridgehead atoms. The Kier molecular flexibility index (Phi) is 2.90. The fraction of sp³-hybridized carbons (Fsp3) is 0. The summed E-state index contributed by atoms with van der Waals surface area (Å²) in [6, 6.07) is 1.99. The predicted octanol–water partition coefficient (Wildman–Crippen LogP) is 1.99. The van der Waals surface area contributed by atoms with Crippen molar-refractivity contribution in [2.24, 2.45) is 0 Å². The molecule has 0 fully saturated rings. The number of rotatable bonds is 3. The number of hydrogen-bond donors (Lipinski definition) is 2. The van der Waals surface area contributed by atoms with Gasteiger partial charge in [-0.2, -0.15) is 21.3 Å². The van der Waals surface area contributed by atoms with Gasteiger partial charge >= 0.3 is 0 Å². The van der Waals surface area contributed by atoms with Crippen LogP contribution in [-0.2, 0) is 0 Å². The maximum Gasteiger partial charge on any atom is 0.232 e. The summed E-state index contributed by atoms with van der Waals surface area (Å²) in [4.78, 5) is 21.1. The normalized spacial score (nSPS) is 10.9. The molecule has 9 heteroatoms. The van der Waals surface area contributed by atoms with E-state index in [2.05, 4.69) is 30.2 Å². The van der Waals surface area contributed by atoms with Crippen molar-refractivity contribution >= 4 is 40.1 Å². The lowest BCUT2D eigenvalue weighted by molar-refractivity contribution is 1.07. The van der Waals surface area contributed by atoms with Crippen LogP contribution < -0.4 is 11.1 Å². The highest BCUT2D eigenvalue weighted by molar-refractivity contribution is 7.08. The van der Waals surface area contributed by atoms with E-state index in [4.69, 9.17) is 5.73 Å². The zero-order chi connectivity index (χ0) is 14.9. The number of nitrogen functional groups attached to an aromatic ring is 1. The van der Waals surface area contributed by atoms with Crippen molar-refractivity contribution in [1.29, 1.82) is 0 Å². The Morgan fingerprint density at radius 3 is 2.91 bits per heavy atom. The van der Waals surface area contributed by atoms with Gasteiger partial charge in [0.15, 0.2) is 22.8 Å². The highest BCUT2D eigenvalue weighted by Crippen LogP contribution is 2.23. The van der Waals surface area contributed by atoms with Crippen LogP contribution in [0.1, 0.15) is 0 Å². The van der Waals surface area contributed by atoms with E-state index >= 15 is 0 Å². The van der Waals surface area contributed by atoms with Crippen LogP contribution in [0.5, 0.6) is 0 Å². The summed E-state index contributed by atoms with van der Waals surface area (Å²) in [5.41, 5.74) is 8.16. The second kappa shape index (κ2) is 5.04. The number of hydrogen-bond acceptors (Lipinski definition) is 8. The number of thiophene rings is 1. The maximum atomic E-state index is 5.98. The number of nitrogens with one attached hydrogen (secondary N) is 1. The second-order valence-corrected chi connectivity index (χ2v) is 5.20. The van der Waals surface area contributed by atoms with Gasteiger partial charge in [-0.3, -0.25) is 9.55 Å². The largest absolute Gasteiger partial charge is 0.382 e. The minimum Gasteiger partial charge on any atom is -0.382 e. The van der Waals surface area contributed by atoms with Crippen LogP contribution in [0.25, 0.3) is 16.9 Å². The van der Waals surface area contributed by atoms with Gasteiger partial charge in [0.05, 0.1) is 11.9 Å². The van der Waals surface area contributed by atoms with Crippen LogP contribution in [0.2, 0.25) is 0 Å². The topological polar surface area (TPSA) is 107 Å². The van der Waals surface area contributed by atoms with E-state index in [0.29, 0.717) is 28.7 Å². The number of aromatic nitrogens is 6. The molecule has 3 N–H and O–H groups in total. The van der Waals surface area contributed by atoms with Crippen molar-refractivity contribution in [2.75, 3.05) is 11.1 Å². The van der Waals surface area contributed by atoms with Crippen molar-refractivity contribution in [3.63, 3.8) is 0 Å². The highest BCUT2D eigenvalue weighted by atomic mass is 32.1. The molecule has 0 atom stereocenters. The first-order chi connectivity index (χ1) is 10.8. The third-order valence-electron chi connectivity index (χ3n) is 3.01. The van der Waals surface area contributed by atoms with E-state index in [1.54, 1.807) is 36.3 Å². The third kappa shape index (κ3) is 2.13. The molecule has 0 unspecified atom stereocenters. The number of imidazole rings is 1. The summed E-state index contributed by atoms with van der Waals surface area (Å²) in [5, 5.41) is 6.98. The van der Waals surface area contributed by atoms with E-state index < -0.39 is 0 Å². The highest BCUT2D eigenvalue weighted by Gasteiger charge is 2.13. The summed E-state index contributed by atoms with van der Waals surface area (Å²) < 4.78 is 1.87. The molecule has 0 aliphatic rings. The SMILES string of the molecule is Nc1nc(Nc2cnccn2)nc2c1ncn2-c1ccsc1. The molecule has 0 radical (unpaired) electrons. The molecule has 0 saturated carbocycles. The van der Waals surface area contributed by atoms with Gasteiger partial charge in [-0.25, -0.2) is 9.97 Å². The Labute approximate surface area is 128 Å². The number of anilines is 3. The zero-order valence-corrected chi connectivity index (χ0v) is 12.0. The fourth-order valence-electron chi connectivity index (χ4n) is 2.04. The molecule has 4 aromatic heterocycles. The Balaban J connectivity index is 1.82. The molecule has 108 valence electrons. The van der Waals surface area contributed by atoms with Crippen molar-refractivity contribution in [3.05, 3.63) is 41.7 Å². The van der Waals surface area contributed by atoms with Crippen molar-refractivity contribution in [3.8, 4) is 5.69 Å². The number of nitrogens with two attached hydrogens (primary N) is 1. The number of fused-ring (bicyclic) bond motifs is 1. The molecular formula is C13H10N8S. The van der Waals surface area contributed by atoms with Crippen LogP contribution >= 0.6 is 11.3 Å². The van der Waals surface area contributed by atoms with E-state index in [1.807, 2.05) is 21.4 Å².